The van der Waals surface area contributed by atoms with Gasteiger partial charge >= 0.3 is 5.97 Å². The largest absolute Gasteiger partial charge is 0.445 e. The molecule has 1 aromatic rings. The van der Waals surface area contributed by atoms with Crippen molar-refractivity contribution < 1.29 is 14.3 Å². The topological polar surface area (TPSA) is 35.5 Å². The van der Waals surface area contributed by atoms with Gasteiger partial charge in [-0.2, -0.15) is 0 Å². The second kappa shape index (κ2) is 2.90. The minimum absolute atomic E-state index is 0.297. The zero-order chi connectivity index (χ0) is 10.4. The summed E-state index contributed by atoms with van der Waals surface area (Å²) < 4.78 is 10.4. The van der Waals surface area contributed by atoms with E-state index < -0.39 is 6.10 Å². The molecule has 0 saturated carbocycles. The molecule has 0 radical (unpaired) electrons. The number of ether oxygens (including phenoxy) is 2. The molecule has 0 bridgehead atoms. The summed E-state index contributed by atoms with van der Waals surface area (Å²) >= 11 is 5.03. The van der Waals surface area contributed by atoms with Crippen LogP contribution in [0.2, 0.25) is 0 Å². The van der Waals surface area contributed by atoms with Crippen molar-refractivity contribution in [3.05, 3.63) is 35.9 Å². The Labute approximate surface area is 91.3 Å². The number of rotatable bonds is 0. The summed E-state index contributed by atoms with van der Waals surface area (Å²) in [5.41, 5.74) is 1.67. The van der Waals surface area contributed by atoms with Crippen molar-refractivity contribution in [1.82, 2.24) is 0 Å². The second-order valence-electron chi connectivity index (χ2n) is 3.33. The van der Waals surface area contributed by atoms with Gasteiger partial charge in [0.25, 0.3) is 0 Å². The van der Waals surface area contributed by atoms with E-state index >= 15 is 0 Å². The van der Waals surface area contributed by atoms with Gasteiger partial charge in [-0.1, -0.05) is 18.2 Å². The molecule has 15 heavy (non-hydrogen) atoms. The predicted octanol–water partition coefficient (Wildman–Crippen LogP) is 1.72. The molecule has 2 aliphatic heterocycles. The smallest absolute Gasteiger partial charge is 0.332 e. The average molecular weight is 218 g/mol. The van der Waals surface area contributed by atoms with Crippen molar-refractivity contribution in [2.45, 2.75) is 6.10 Å². The van der Waals surface area contributed by atoms with E-state index in [0.29, 0.717) is 10.8 Å². The number of hydrogen-bond donors (Lipinski definition) is 0. The highest BCUT2D eigenvalue weighted by Crippen LogP contribution is 2.37. The summed E-state index contributed by atoms with van der Waals surface area (Å²) in [5, 5.41) is 0.297. The third-order valence-electron chi connectivity index (χ3n) is 2.41. The van der Waals surface area contributed by atoms with Crippen molar-refractivity contribution in [2.75, 3.05) is 0 Å². The summed E-state index contributed by atoms with van der Waals surface area (Å²) in [6.45, 7) is 0. The van der Waals surface area contributed by atoms with Gasteiger partial charge in [0.1, 0.15) is 5.75 Å². The average Bonchev–Trinajstić information content (AvgIpc) is 2.61. The molecule has 1 aromatic carbocycles. The number of thiocarbonyl (C=S) groups is 1. The normalized spacial score (nSPS) is 22.4. The van der Waals surface area contributed by atoms with Crippen molar-refractivity contribution in [2.24, 2.45) is 0 Å². The fraction of sp³-hybridized carbons (Fsp3) is 0.0909. The lowest BCUT2D eigenvalue weighted by molar-refractivity contribution is -0.136. The van der Waals surface area contributed by atoms with E-state index in [1.807, 2.05) is 24.3 Å². The number of carbonyl (C=O) groups is 1. The number of carbonyl (C=O) groups excluding carboxylic acids is 1. The summed E-state index contributed by atoms with van der Waals surface area (Å²) in [5.74, 6) is 0.320. The minimum atomic E-state index is -0.512. The van der Waals surface area contributed by atoms with Crippen LogP contribution in [0.5, 0.6) is 5.75 Å². The fourth-order valence-electron chi connectivity index (χ4n) is 1.77. The first-order valence-corrected chi connectivity index (χ1v) is 4.90. The van der Waals surface area contributed by atoms with Crippen LogP contribution in [0, 0.1) is 0 Å². The van der Waals surface area contributed by atoms with Crippen molar-refractivity contribution in [3.63, 3.8) is 0 Å². The molecule has 0 amide bonds. The molecule has 4 heteroatoms. The zero-order valence-corrected chi connectivity index (χ0v) is 8.41. The molecule has 1 unspecified atom stereocenters. The Morgan fingerprint density at radius 2 is 2.07 bits per heavy atom. The van der Waals surface area contributed by atoms with Crippen LogP contribution >= 0.6 is 12.2 Å². The molecular formula is C11H6O3S. The van der Waals surface area contributed by atoms with Gasteiger partial charge in [-0.05, 0) is 18.3 Å². The van der Waals surface area contributed by atoms with Gasteiger partial charge in [-0.15, -0.1) is 0 Å². The van der Waals surface area contributed by atoms with Gasteiger partial charge in [0.2, 0.25) is 5.05 Å². The standard InChI is InChI=1S/C11H6O3S/c12-9-5-7-6-3-1-2-4-8(6)13-11(15)10(7)14-9/h1-5,10H. The van der Waals surface area contributed by atoms with Gasteiger partial charge in [-0.3, -0.25) is 0 Å². The van der Waals surface area contributed by atoms with Crippen LogP contribution < -0.4 is 4.74 Å². The van der Waals surface area contributed by atoms with E-state index in [2.05, 4.69) is 0 Å². The zero-order valence-electron chi connectivity index (χ0n) is 7.60. The molecule has 0 fully saturated rings. The summed E-state index contributed by atoms with van der Waals surface area (Å²) in [7, 11) is 0. The molecule has 0 N–H and O–H groups in total. The van der Waals surface area contributed by atoms with Crippen LogP contribution in [0.1, 0.15) is 5.56 Å². The third kappa shape index (κ3) is 1.18. The first kappa shape index (κ1) is 8.61. The summed E-state index contributed by atoms with van der Waals surface area (Å²) in [6, 6.07) is 7.45. The quantitative estimate of drug-likeness (QED) is 0.490. The highest BCUT2D eigenvalue weighted by molar-refractivity contribution is 7.80. The lowest BCUT2D eigenvalue weighted by Crippen LogP contribution is -2.30. The highest BCUT2D eigenvalue weighted by atomic mass is 32.1. The molecule has 2 heterocycles. The lowest BCUT2D eigenvalue weighted by atomic mass is 9.98. The third-order valence-corrected chi connectivity index (χ3v) is 2.71. The van der Waals surface area contributed by atoms with Crippen LogP contribution in [0.4, 0.5) is 0 Å². The molecule has 74 valence electrons. The Bertz CT molecular complexity index is 504. The maximum Gasteiger partial charge on any atom is 0.332 e. The molecule has 1 atom stereocenters. The first-order valence-electron chi connectivity index (χ1n) is 4.49. The molecule has 3 rings (SSSR count). The van der Waals surface area contributed by atoms with Crippen molar-refractivity contribution in [3.8, 4) is 5.75 Å². The Hall–Kier alpha value is -1.68. The van der Waals surface area contributed by atoms with E-state index in [1.165, 1.54) is 6.08 Å². The molecule has 0 spiro atoms. The minimum Gasteiger partial charge on any atom is -0.445 e. The first-order chi connectivity index (χ1) is 7.25. The van der Waals surface area contributed by atoms with Crippen molar-refractivity contribution >= 4 is 28.8 Å². The van der Waals surface area contributed by atoms with E-state index in [9.17, 15) is 4.79 Å². The van der Waals surface area contributed by atoms with Gasteiger partial charge in [0.15, 0.2) is 6.10 Å². The van der Waals surface area contributed by atoms with Crippen LogP contribution in [0.25, 0.3) is 5.57 Å². The second-order valence-corrected chi connectivity index (χ2v) is 3.74. The summed E-state index contributed by atoms with van der Waals surface area (Å²) in [6.07, 6.45) is 0.959. The number of fused-ring (bicyclic) bond motifs is 3. The van der Waals surface area contributed by atoms with Crippen LogP contribution in [0.15, 0.2) is 30.3 Å². The monoisotopic (exact) mass is 218 g/mol. The van der Waals surface area contributed by atoms with Gasteiger partial charge in [0, 0.05) is 17.2 Å². The highest BCUT2D eigenvalue weighted by Gasteiger charge is 2.37. The molecule has 0 aliphatic carbocycles. The summed E-state index contributed by atoms with van der Waals surface area (Å²) in [4.78, 5) is 11.2. The molecule has 2 aliphatic rings. The lowest BCUT2D eigenvalue weighted by Gasteiger charge is -2.23. The number of hydrogen-bond acceptors (Lipinski definition) is 4. The number of para-hydroxylation sites is 1. The van der Waals surface area contributed by atoms with E-state index in [-0.39, 0.29) is 5.97 Å². The number of benzene rings is 1. The van der Waals surface area contributed by atoms with Crippen LogP contribution in [0.3, 0.4) is 0 Å². The van der Waals surface area contributed by atoms with Gasteiger partial charge in [0.05, 0.1) is 0 Å². The molecule has 0 aromatic heterocycles. The predicted molar refractivity (Wildman–Crippen MR) is 57.5 cm³/mol. The van der Waals surface area contributed by atoms with Crippen LogP contribution in [-0.4, -0.2) is 17.1 Å². The van der Waals surface area contributed by atoms with Crippen molar-refractivity contribution in [1.29, 1.82) is 0 Å². The van der Waals surface area contributed by atoms with Gasteiger partial charge < -0.3 is 9.47 Å². The number of esters is 1. The SMILES string of the molecule is O=C1C=C2c3ccccc3OC(=S)C2O1. The van der Waals surface area contributed by atoms with Crippen LogP contribution in [-0.2, 0) is 9.53 Å². The van der Waals surface area contributed by atoms with Gasteiger partial charge in [-0.25, -0.2) is 4.79 Å². The Kier molecular flexibility index (Phi) is 1.67. The molecular weight excluding hydrogens is 212 g/mol. The van der Waals surface area contributed by atoms with E-state index in [4.69, 9.17) is 21.7 Å². The fourth-order valence-corrected chi connectivity index (χ4v) is 2.03. The molecule has 0 saturated heterocycles. The molecule has 3 nitrogen and oxygen atoms in total. The Morgan fingerprint density at radius 1 is 1.27 bits per heavy atom. The Balaban J connectivity index is 2.22. The maximum atomic E-state index is 11.2. The maximum absolute atomic E-state index is 11.2. The van der Waals surface area contributed by atoms with E-state index in [1.54, 1.807) is 0 Å². The Morgan fingerprint density at radius 3 is 2.93 bits per heavy atom. The van der Waals surface area contributed by atoms with E-state index in [0.717, 1.165) is 11.1 Å².